The Balaban J connectivity index is 2.04. The Kier molecular flexibility index (Phi) is 3.69. The summed E-state index contributed by atoms with van der Waals surface area (Å²) in [4.78, 5) is 32.2. The molecule has 0 saturated heterocycles. The number of pyridine rings is 1. The highest BCUT2D eigenvalue weighted by Crippen LogP contribution is 2.21. The molecule has 2 heterocycles. The van der Waals surface area contributed by atoms with Gasteiger partial charge in [-0.1, -0.05) is 0 Å². The number of benzene rings is 1. The number of aromatic nitrogens is 2. The van der Waals surface area contributed by atoms with Crippen LogP contribution in [0.4, 0.5) is 13.9 Å². The fourth-order valence-corrected chi connectivity index (χ4v) is 2.94. The van der Waals surface area contributed by atoms with Crippen LogP contribution in [0.25, 0.3) is 10.9 Å². The number of hydrogen-bond donors (Lipinski definition) is 2. The number of thiazole rings is 1. The van der Waals surface area contributed by atoms with Crippen LogP contribution in [0.5, 0.6) is 0 Å². The summed E-state index contributed by atoms with van der Waals surface area (Å²) in [7, 11) is 0. The Hall–Kier alpha value is -2.61. The molecule has 0 spiro atoms. The number of nitrogens with one attached hydrogen (secondary N) is 2. The first kappa shape index (κ1) is 15.3. The number of carbonyl (C=O) groups excluding carboxylic acids is 1. The van der Waals surface area contributed by atoms with Gasteiger partial charge in [-0.25, -0.2) is 13.8 Å². The maximum Gasteiger partial charge on any atom is 0.262 e. The van der Waals surface area contributed by atoms with E-state index in [9.17, 15) is 18.4 Å². The fraction of sp³-hybridized carbons (Fsp3) is 0.133. The van der Waals surface area contributed by atoms with Gasteiger partial charge < -0.3 is 4.98 Å². The molecule has 8 heteroatoms. The van der Waals surface area contributed by atoms with Crippen molar-refractivity contribution in [3.05, 3.63) is 56.3 Å². The first-order valence-electron chi connectivity index (χ1n) is 6.62. The van der Waals surface area contributed by atoms with Crippen LogP contribution >= 0.6 is 11.3 Å². The summed E-state index contributed by atoms with van der Waals surface area (Å²) >= 11 is 1.27. The van der Waals surface area contributed by atoms with E-state index in [0.29, 0.717) is 11.2 Å². The summed E-state index contributed by atoms with van der Waals surface area (Å²) in [5.41, 5.74) is -0.309. The van der Waals surface area contributed by atoms with E-state index in [0.717, 1.165) is 22.8 Å². The Labute approximate surface area is 133 Å². The number of fused-ring (bicyclic) bond motifs is 1. The van der Waals surface area contributed by atoms with Crippen molar-refractivity contribution in [3.63, 3.8) is 0 Å². The SMILES string of the molecule is Cc1nc(NC(=O)c2c[nH]c3cc(F)cc(F)c3c2=O)sc1C. The second kappa shape index (κ2) is 5.54. The highest BCUT2D eigenvalue weighted by Gasteiger charge is 2.17. The number of nitrogens with zero attached hydrogens (tertiary/aromatic N) is 1. The minimum absolute atomic E-state index is 0.00927. The first-order chi connectivity index (χ1) is 10.9. The van der Waals surface area contributed by atoms with Gasteiger partial charge in [-0.05, 0) is 19.9 Å². The zero-order valence-corrected chi connectivity index (χ0v) is 13.0. The lowest BCUT2D eigenvalue weighted by molar-refractivity contribution is 0.102. The summed E-state index contributed by atoms with van der Waals surface area (Å²) in [6.07, 6.45) is 1.13. The molecule has 23 heavy (non-hydrogen) atoms. The van der Waals surface area contributed by atoms with Gasteiger partial charge in [0.1, 0.15) is 17.2 Å². The maximum atomic E-state index is 13.8. The third-order valence-corrected chi connectivity index (χ3v) is 4.38. The molecule has 0 unspecified atom stereocenters. The Morgan fingerprint density at radius 2 is 2.04 bits per heavy atom. The second-order valence-electron chi connectivity index (χ2n) is 4.96. The fourth-order valence-electron chi connectivity index (χ4n) is 2.13. The highest BCUT2D eigenvalue weighted by atomic mass is 32.1. The van der Waals surface area contributed by atoms with E-state index in [4.69, 9.17) is 0 Å². The van der Waals surface area contributed by atoms with Crippen LogP contribution in [0.2, 0.25) is 0 Å². The largest absolute Gasteiger partial charge is 0.360 e. The molecule has 5 nitrogen and oxygen atoms in total. The maximum absolute atomic E-state index is 13.8. The van der Waals surface area contributed by atoms with Crippen molar-refractivity contribution in [2.75, 3.05) is 5.32 Å². The number of halogens is 2. The summed E-state index contributed by atoms with van der Waals surface area (Å²) < 4.78 is 27.0. The Bertz CT molecular complexity index is 975. The van der Waals surface area contributed by atoms with Gasteiger partial charge in [0.2, 0.25) is 5.43 Å². The van der Waals surface area contributed by atoms with Gasteiger partial charge in [0.25, 0.3) is 5.91 Å². The van der Waals surface area contributed by atoms with E-state index in [1.54, 1.807) is 6.92 Å². The molecule has 0 bridgehead atoms. The van der Waals surface area contributed by atoms with E-state index in [-0.39, 0.29) is 16.5 Å². The average Bonchev–Trinajstić information content (AvgIpc) is 2.76. The Morgan fingerprint density at radius 3 is 2.70 bits per heavy atom. The van der Waals surface area contributed by atoms with Crippen molar-refractivity contribution >= 4 is 33.3 Å². The second-order valence-corrected chi connectivity index (χ2v) is 6.16. The van der Waals surface area contributed by atoms with Crippen LogP contribution in [0.15, 0.2) is 23.1 Å². The van der Waals surface area contributed by atoms with Crippen LogP contribution in [0.1, 0.15) is 20.9 Å². The summed E-state index contributed by atoms with van der Waals surface area (Å²) in [5, 5.41) is 2.50. The van der Waals surface area contributed by atoms with Crippen molar-refractivity contribution in [1.82, 2.24) is 9.97 Å². The third kappa shape index (κ3) is 2.72. The summed E-state index contributed by atoms with van der Waals surface area (Å²) in [6, 6.07) is 1.60. The molecule has 118 valence electrons. The molecule has 0 aliphatic rings. The lowest BCUT2D eigenvalue weighted by Crippen LogP contribution is -2.22. The van der Waals surface area contributed by atoms with Crippen LogP contribution < -0.4 is 10.7 Å². The van der Waals surface area contributed by atoms with Gasteiger partial charge in [0.15, 0.2) is 5.13 Å². The normalized spacial score (nSPS) is 11.0. The molecule has 0 radical (unpaired) electrons. The number of aryl methyl sites for hydroxylation is 2. The minimum atomic E-state index is -1.02. The number of H-pyrrole nitrogens is 1. The molecule has 0 aliphatic heterocycles. The summed E-state index contributed by atoms with van der Waals surface area (Å²) in [6.45, 7) is 3.66. The minimum Gasteiger partial charge on any atom is -0.360 e. The van der Waals surface area contributed by atoms with Crippen LogP contribution in [0.3, 0.4) is 0 Å². The number of aromatic amines is 1. The smallest absolute Gasteiger partial charge is 0.262 e. The van der Waals surface area contributed by atoms with Crippen molar-refractivity contribution in [3.8, 4) is 0 Å². The number of carbonyl (C=O) groups is 1. The molecule has 0 fully saturated rings. The van der Waals surface area contributed by atoms with Crippen molar-refractivity contribution in [2.45, 2.75) is 13.8 Å². The van der Waals surface area contributed by atoms with E-state index >= 15 is 0 Å². The van der Waals surface area contributed by atoms with Crippen LogP contribution in [-0.2, 0) is 0 Å². The highest BCUT2D eigenvalue weighted by molar-refractivity contribution is 7.15. The van der Waals surface area contributed by atoms with Crippen LogP contribution in [0, 0.1) is 25.5 Å². The van der Waals surface area contributed by atoms with E-state index in [1.165, 1.54) is 11.3 Å². The lowest BCUT2D eigenvalue weighted by Gasteiger charge is -2.04. The zero-order chi connectivity index (χ0) is 16.7. The number of amides is 1. The van der Waals surface area contributed by atoms with E-state index in [2.05, 4.69) is 15.3 Å². The van der Waals surface area contributed by atoms with Gasteiger partial charge in [0.05, 0.1) is 16.6 Å². The quantitative estimate of drug-likeness (QED) is 0.755. The monoisotopic (exact) mass is 335 g/mol. The molecule has 3 rings (SSSR count). The lowest BCUT2D eigenvalue weighted by atomic mass is 10.1. The van der Waals surface area contributed by atoms with Gasteiger partial charge in [-0.2, -0.15) is 0 Å². The zero-order valence-electron chi connectivity index (χ0n) is 12.2. The van der Waals surface area contributed by atoms with Crippen molar-refractivity contribution in [1.29, 1.82) is 0 Å². The van der Waals surface area contributed by atoms with E-state index in [1.807, 2.05) is 6.92 Å². The third-order valence-electron chi connectivity index (χ3n) is 3.39. The first-order valence-corrected chi connectivity index (χ1v) is 7.44. The standard InChI is InChI=1S/C15H11F2N3O2S/c1-6-7(2)23-15(19-6)20-14(22)9-5-18-11-4-8(16)3-10(17)12(11)13(9)21/h3-5H,1-2H3,(H,18,21)(H,19,20,22). The predicted octanol–water partition coefficient (Wildman–Crippen LogP) is 3.13. The topological polar surface area (TPSA) is 74.8 Å². The molecular weight excluding hydrogens is 324 g/mol. The molecule has 2 aromatic heterocycles. The molecular formula is C15H11F2N3O2S. The molecule has 1 aromatic carbocycles. The molecule has 2 N–H and O–H groups in total. The average molecular weight is 335 g/mol. The summed E-state index contributed by atoms with van der Waals surface area (Å²) in [5.74, 6) is -2.53. The van der Waals surface area contributed by atoms with Crippen molar-refractivity contribution in [2.24, 2.45) is 0 Å². The van der Waals surface area contributed by atoms with Gasteiger partial charge >= 0.3 is 0 Å². The van der Waals surface area contributed by atoms with Gasteiger partial charge in [-0.15, -0.1) is 11.3 Å². The molecule has 0 atom stereocenters. The molecule has 0 saturated carbocycles. The molecule has 1 amide bonds. The van der Waals surface area contributed by atoms with Gasteiger partial charge in [-0.3, -0.25) is 14.9 Å². The van der Waals surface area contributed by atoms with E-state index < -0.39 is 23.0 Å². The molecule has 0 aliphatic carbocycles. The Morgan fingerprint density at radius 1 is 1.30 bits per heavy atom. The van der Waals surface area contributed by atoms with Crippen molar-refractivity contribution < 1.29 is 13.6 Å². The molecule has 3 aromatic rings. The number of hydrogen-bond acceptors (Lipinski definition) is 4. The van der Waals surface area contributed by atoms with Gasteiger partial charge in [0, 0.05) is 17.1 Å². The number of rotatable bonds is 2. The number of anilines is 1. The van der Waals surface area contributed by atoms with Crippen LogP contribution in [-0.4, -0.2) is 15.9 Å². The predicted molar refractivity (Wildman–Crippen MR) is 84.0 cm³/mol.